The molecule has 1 aliphatic heterocycles. The fourth-order valence-electron chi connectivity index (χ4n) is 2.04. The number of nitrogens with zero attached hydrogens (tertiary/aromatic N) is 2. The Morgan fingerprint density at radius 2 is 2.05 bits per heavy atom. The van der Waals surface area contributed by atoms with Gasteiger partial charge in [0.2, 0.25) is 5.82 Å². The molecule has 0 amide bonds. The van der Waals surface area contributed by atoms with Crippen LogP contribution in [0, 0.1) is 21.7 Å². The van der Waals surface area contributed by atoms with Crippen molar-refractivity contribution in [3.05, 3.63) is 33.4 Å². The molecule has 1 aliphatic rings. The van der Waals surface area contributed by atoms with E-state index in [2.05, 4.69) is 0 Å². The summed E-state index contributed by atoms with van der Waals surface area (Å²) in [4.78, 5) is 11.3. The highest BCUT2D eigenvalue weighted by atomic mass is 35.5. The first-order chi connectivity index (χ1) is 9.06. The minimum absolute atomic E-state index is 0.0126. The van der Waals surface area contributed by atoms with Crippen molar-refractivity contribution in [3.63, 3.8) is 0 Å². The second-order valence-corrected chi connectivity index (χ2v) is 4.28. The maximum atomic E-state index is 14.0. The average Bonchev–Trinajstić information content (AvgIpc) is 2.41. The molecule has 0 spiro atoms. The predicted octanol–water partition coefficient (Wildman–Crippen LogP) is 2.45. The SMILES string of the molecule is O=[N+]([O-])c1cc(F)c(N2CCOCC2)c(CCl)c1F. The third-order valence-corrected chi connectivity index (χ3v) is 3.19. The maximum Gasteiger partial charge on any atom is 0.308 e. The summed E-state index contributed by atoms with van der Waals surface area (Å²) >= 11 is 5.62. The Hall–Kier alpha value is -1.47. The Morgan fingerprint density at radius 3 is 2.58 bits per heavy atom. The van der Waals surface area contributed by atoms with E-state index in [4.69, 9.17) is 16.3 Å². The summed E-state index contributed by atoms with van der Waals surface area (Å²) in [5.41, 5.74) is -1.10. The van der Waals surface area contributed by atoms with E-state index < -0.39 is 22.2 Å². The van der Waals surface area contributed by atoms with Crippen LogP contribution >= 0.6 is 11.6 Å². The lowest BCUT2D eigenvalue weighted by atomic mass is 10.1. The number of nitro groups is 1. The van der Waals surface area contributed by atoms with Gasteiger partial charge in [0.15, 0.2) is 5.82 Å². The van der Waals surface area contributed by atoms with Crippen LogP contribution in [-0.2, 0) is 10.6 Å². The number of hydrogen-bond acceptors (Lipinski definition) is 4. The quantitative estimate of drug-likeness (QED) is 0.488. The van der Waals surface area contributed by atoms with E-state index in [0.29, 0.717) is 32.4 Å². The van der Waals surface area contributed by atoms with E-state index >= 15 is 0 Å². The second kappa shape index (κ2) is 5.66. The molecule has 1 saturated heterocycles. The molecule has 0 atom stereocenters. The first-order valence-corrected chi connectivity index (χ1v) is 6.13. The van der Waals surface area contributed by atoms with Gasteiger partial charge in [-0.25, -0.2) is 4.39 Å². The summed E-state index contributed by atoms with van der Waals surface area (Å²) < 4.78 is 33.1. The number of morpholine rings is 1. The van der Waals surface area contributed by atoms with Crippen molar-refractivity contribution in [2.24, 2.45) is 0 Å². The Morgan fingerprint density at radius 1 is 1.42 bits per heavy atom. The third-order valence-electron chi connectivity index (χ3n) is 2.92. The lowest BCUT2D eigenvalue weighted by Gasteiger charge is -2.30. The van der Waals surface area contributed by atoms with Crippen molar-refractivity contribution in [1.29, 1.82) is 0 Å². The molecule has 0 radical (unpaired) electrons. The second-order valence-electron chi connectivity index (χ2n) is 4.01. The minimum atomic E-state index is -1.08. The largest absolute Gasteiger partial charge is 0.378 e. The van der Waals surface area contributed by atoms with Crippen molar-refractivity contribution < 1.29 is 18.4 Å². The highest BCUT2D eigenvalue weighted by Crippen LogP contribution is 2.34. The van der Waals surface area contributed by atoms with Crippen LogP contribution in [0.3, 0.4) is 0 Å². The van der Waals surface area contributed by atoms with Gasteiger partial charge >= 0.3 is 5.69 Å². The molecule has 0 aliphatic carbocycles. The maximum absolute atomic E-state index is 14.0. The highest BCUT2D eigenvalue weighted by Gasteiger charge is 2.28. The number of anilines is 1. The summed E-state index contributed by atoms with van der Waals surface area (Å²) in [7, 11) is 0. The Kier molecular flexibility index (Phi) is 4.16. The molecular formula is C11H11ClF2N2O3. The zero-order valence-electron chi connectivity index (χ0n) is 9.87. The smallest absolute Gasteiger partial charge is 0.308 e. The highest BCUT2D eigenvalue weighted by molar-refractivity contribution is 6.17. The molecule has 5 nitrogen and oxygen atoms in total. The van der Waals surface area contributed by atoms with Crippen molar-refractivity contribution in [2.45, 2.75) is 5.88 Å². The number of hydrogen-bond donors (Lipinski definition) is 0. The Bertz CT molecular complexity index is 507. The molecule has 1 heterocycles. The van der Waals surface area contributed by atoms with Crippen LogP contribution in [0.25, 0.3) is 0 Å². The van der Waals surface area contributed by atoms with Gasteiger partial charge in [0.05, 0.1) is 35.8 Å². The van der Waals surface area contributed by atoms with Crippen molar-refractivity contribution in [2.75, 3.05) is 31.2 Å². The molecule has 0 saturated carbocycles. The molecule has 0 N–H and O–H groups in total. The standard InChI is InChI=1S/C11H11ClF2N2O3/c12-6-7-10(14)9(16(17)18)5-8(13)11(7)15-1-3-19-4-2-15/h5H,1-4,6H2. The fourth-order valence-corrected chi connectivity index (χ4v) is 2.28. The average molecular weight is 293 g/mol. The molecule has 1 aromatic rings. The molecule has 0 unspecified atom stereocenters. The summed E-state index contributed by atoms with van der Waals surface area (Å²) in [6.07, 6.45) is 0. The summed E-state index contributed by atoms with van der Waals surface area (Å²) in [5, 5.41) is 10.7. The van der Waals surface area contributed by atoms with Crippen LogP contribution in [0.15, 0.2) is 6.07 Å². The first kappa shape index (κ1) is 14.0. The van der Waals surface area contributed by atoms with Gasteiger partial charge in [-0.15, -0.1) is 11.6 Å². The molecule has 0 aromatic heterocycles. The van der Waals surface area contributed by atoms with Gasteiger partial charge in [0, 0.05) is 18.7 Å². The van der Waals surface area contributed by atoms with Crippen molar-refractivity contribution in [1.82, 2.24) is 0 Å². The van der Waals surface area contributed by atoms with Crippen LogP contribution in [-0.4, -0.2) is 31.2 Å². The number of halogens is 3. The zero-order valence-corrected chi connectivity index (χ0v) is 10.6. The molecule has 1 aromatic carbocycles. The predicted molar refractivity (Wildman–Crippen MR) is 65.6 cm³/mol. The van der Waals surface area contributed by atoms with Crippen LogP contribution in [0.5, 0.6) is 0 Å². The molecule has 0 bridgehead atoms. The molecule has 104 valence electrons. The summed E-state index contributed by atoms with van der Waals surface area (Å²) in [6.45, 7) is 1.55. The van der Waals surface area contributed by atoms with E-state index in [-0.39, 0.29) is 17.1 Å². The van der Waals surface area contributed by atoms with Crippen molar-refractivity contribution >= 4 is 23.0 Å². The number of rotatable bonds is 3. The minimum Gasteiger partial charge on any atom is -0.378 e. The van der Waals surface area contributed by atoms with E-state index in [1.165, 1.54) is 0 Å². The van der Waals surface area contributed by atoms with Gasteiger partial charge in [-0.1, -0.05) is 0 Å². The van der Waals surface area contributed by atoms with E-state index in [9.17, 15) is 18.9 Å². The number of alkyl halides is 1. The van der Waals surface area contributed by atoms with Gasteiger partial charge in [-0.2, -0.15) is 4.39 Å². The van der Waals surface area contributed by atoms with E-state index in [1.807, 2.05) is 0 Å². The summed E-state index contributed by atoms with van der Waals surface area (Å²) in [6, 6.07) is 0.593. The van der Waals surface area contributed by atoms with Crippen LogP contribution in [0.2, 0.25) is 0 Å². The molecule has 19 heavy (non-hydrogen) atoms. The first-order valence-electron chi connectivity index (χ1n) is 5.60. The van der Waals surface area contributed by atoms with Gasteiger partial charge in [0.25, 0.3) is 0 Å². The number of nitro benzene ring substituents is 1. The van der Waals surface area contributed by atoms with Crippen LogP contribution < -0.4 is 4.90 Å². The lowest BCUT2D eigenvalue weighted by molar-refractivity contribution is -0.387. The monoisotopic (exact) mass is 292 g/mol. The molecular weight excluding hydrogens is 282 g/mol. The van der Waals surface area contributed by atoms with E-state index in [1.54, 1.807) is 4.90 Å². The fraction of sp³-hybridized carbons (Fsp3) is 0.455. The zero-order chi connectivity index (χ0) is 14.0. The number of benzene rings is 1. The number of ether oxygens (including phenoxy) is 1. The molecule has 2 rings (SSSR count). The van der Waals surface area contributed by atoms with E-state index in [0.717, 1.165) is 0 Å². The topological polar surface area (TPSA) is 55.6 Å². The van der Waals surface area contributed by atoms with Crippen LogP contribution in [0.4, 0.5) is 20.2 Å². The van der Waals surface area contributed by atoms with Crippen molar-refractivity contribution in [3.8, 4) is 0 Å². The Balaban J connectivity index is 2.53. The summed E-state index contributed by atoms with van der Waals surface area (Å²) in [5.74, 6) is -2.26. The lowest BCUT2D eigenvalue weighted by Crippen LogP contribution is -2.37. The normalized spacial score (nSPS) is 15.6. The van der Waals surface area contributed by atoms with Crippen LogP contribution in [0.1, 0.15) is 5.56 Å². The Labute approximate surface area is 112 Å². The third kappa shape index (κ3) is 2.62. The van der Waals surface area contributed by atoms with Gasteiger partial charge in [0.1, 0.15) is 0 Å². The van der Waals surface area contributed by atoms with Gasteiger partial charge in [-0.05, 0) is 0 Å². The molecule has 1 fully saturated rings. The van der Waals surface area contributed by atoms with Gasteiger partial charge < -0.3 is 9.64 Å². The van der Waals surface area contributed by atoms with Gasteiger partial charge in [-0.3, -0.25) is 10.1 Å². The molecule has 8 heteroatoms.